The largest absolute Gasteiger partial charge is 0.467 e. The van der Waals surface area contributed by atoms with E-state index in [1.807, 2.05) is 6.92 Å². The number of piperidine rings is 1. The van der Waals surface area contributed by atoms with Crippen molar-refractivity contribution in [3.8, 4) is 6.01 Å². The minimum atomic E-state index is 0.374. The highest BCUT2D eigenvalue weighted by Crippen LogP contribution is 2.38. The zero-order valence-corrected chi connectivity index (χ0v) is 13.6. The first-order valence-corrected chi connectivity index (χ1v) is 7.95. The second-order valence-electron chi connectivity index (χ2n) is 5.67. The number of nitrogens with zero attached hydrogens (tertiary/aromatic N) is 4. The Labute approximate surface area is 127 Å². The molecule has 6 heteroatoms. The third-order valence-electron chi connectivity index (χ3n) is 4.73. The molecule has 0 unspecified atom stereocenters. The van der Waals surface area contributed by atoms with E-state index in [1.54, 1.807) is 7.11 Å². The minimum absolute atomic E-state index is 0.374. The molecule has 1 aliphatic heterocycles. The molecule has 1 N–H and O–H groups in total. The van der Waals surface area contributed by atoms with Gasteiger partial charge < -0.3 is 15.0 Å². The highest BCUT2D eigenvalue weighted by Gasteiger charge is 2.32. The monoisotopic (exact) mass is 293 g/mol. The quantitative estimate of drug-likeness (QED) is 0.870. The molecule has 2 rings (SSSR count). The predicted octanol–water partition coefficient (Wildman–Crippen LogP) is 2.72. The number of rotatable bonds is 6. The number of aromatic nitrogens is 3. The lowest BCUT2D eigenvalue weighted by molar-refractivity contribution is 0.198. The van der Waals surface area contributed by atoms with Crippen LogP contribution in [0.2, 0.25) is 0 Å². The van der Waals surface area contributed by atoms with Crippen molar-refractivity contribution in [3.05, 3.63) is 0 Å². The van der Waals surface area contributed by atoms with Crippen LogP contribution in [0.25, 0.3) is 0 Å². The van der Waals surface area contributed by atoms with Gasteiger partial charge in [-0.2, -0.15) is 15.0 Å². The van der Waals surface area contributed by atoms with Crippen LogP contribution < -0.4 is 15.0 Å². The molecule has 6 nitrogen and oxygen atoms in total. The normalized spacial score (nSPS) is 17.6. The van der Waals surface area contributed by atoms with Gasteiger partial charge in [0, 0.05) is 19.6 Å². The highest BCUT2D eigenvalue weighted by molar-refractivity contribution is 5.38. The average Bonchev–Trinajstić information content (AvgIpc) is 2.55. The second-order valence-corrected chi connectivity index (χ2v) is 5.67. The predicted molar refractivity (Wildman–Crippen MR) is 85.0 cm³/mol. The Morgan fingerprint density at radius 2 is 1.76 bits per heavy atom. The minimum Gasteiger partial charge on any atom is -0.467 e. The van der Waals surface area contributed by atoms with Crippen molar-refractivity contribution in [2.45, 2.75) is 46.5 Å². The molecule has 0 bridgehead atoms. The number of anilines is 2. The van der Waals surface area contributed by atoms with Gasteiger partial charge in [-0.15, -0.1) is 0 Å². The van der Waals surface area contributed by atoms with E-state index in [2.05, 4.69) is 39.0 Å². The van der Waals surface area contributed by atoms with Gasteiger partial charge in [0.25, 0.3) is 0 Å². The first kappa shape index (κ1) is 15.8. The molecule has 21 heavy (non-hydrogen) atoms. The third-order valence-corrected chi connectivity index (χ3v) is 4.73. The standard InChI is InChI=1S/C15H27N5O/c1-5-15(6-2)8-10-20(11-9-15)13-17-12(16-7-3)18-14(19-13)21-4/h5-11H2,1-4H3,(H,16,17,18,19). The van der Waals surface area contributed by atoms with Crippen LogP contribution in [0.4, 0.5) is 11.9 Å². The zero-order valence-electron chi connectivity index (χ0n) is 13.6. The lowest BCUT2D eigenvalue weighted by atomic mass is 9.74. The van der Waals surface area contributed by atoms with Crippen LogP contribution in [0, 0.1) is 5.41 Å². The van der Waals surface area contributed by atoms with Crippen molar-refractivity contribution in [2.24, 2.45) is 5.41 Å². The molecule has 118 valence electrons. The summed E-state index contributed by atoms with van der Waals surface area (Å²) in [5, 5.41) is 3.13. The maximum atomic E-state index is 5.19. The Balaban J connectivity index is 2.14. The lowest BCUT2D eigenvalue weighted by Crippen LogP contribution is -2.40. The van der Waals surface area contributed by atoms with Crippen LogP contribution in [-0.2, 0) is 0 Å². The molecule has 2 heterocycles. The van der Waals surface area contributed by atoms with E-state index in [1.165, 1.54) is 25.7 Å². The number of hydrogen-bond donors (Lipinski definition) is 1. The van der Waals surface area contributed by atoms with Crippen LogP contribution in [0.1, 0.15) is 46.5 Å². The maximum Gasteiger partial charge on any atom is 0.322 e. The summed E-state index contributed by atoms with van der Waals surface area (Å²) in [4.78, 5) is 15.4. The van der Waals surface area contributed by atoms with Crippen molar-refractivity contribution in [1.29, 1.82) is 0 Å². The first-order valence-electron chi connectivity index (χ1n) is 7.95. The fraction of sp³-hybridized carbons (Fsp3) is 0.800. The summed E-state index contributed by atoms with van der Waals surface area (Å²) in [6.45, 7) is 9.40. The first-order chi connectivity index (χ1) is 10.2. The Hall–Kier alpha value is -1.59. The summed E-state index contributed by atoms with van der Waals surface area (Å²) in [5.41, 5.74) is 0.498. The maximum absolute atomic E-state index is 5.19. The molecule has 1 aromatic heterocycles. The average molecular weight is 293 g/mol. The van der Waals surface area contributed by atoms with Gasteiger partial charge in [-0.25, -0.2) is 0 Å². The number of ether oxygens (including phenoxy) is 1. The van der Waals surface area contributed by atoms with Crippen LogP contribution in [0.5, 0.6) is 6.01 Å². The van der Waals surface area contributed by atoms with E-state index >= 15 is 0 Å². The van der Waals surface area contributed by atoms with Crippen LogP contribution >= 0.6 is 0 Å². The van der Waals surface area contributed by atoms with E-state index in [-0.39, 0.29) is 0 Å². The van der Waals surface area contributed by atoms with Gasteiger partial charge >= 0.3 is 6.01 Å². The number of nitrogens with one attached hydrogen (secondary N) is 1. The van der Waals surface area contributed by atoms with Gasteiger partial charge in [0.1, 0.15) is 0 Å². The van der Waals surface area contributed by atoms with Crippen molar-refractivity contribution in [2.75, 3.05) is 37.0 Å². The van der Waals surface area contributed by atoms with Crippen molar-refractivity contribution >= 4 is 11.9 Å². The van der Waals surface area contributed by atoms with Gasteiger partial charge in [-0.1, -0.05) is 26.7 Å². The smallest absolute Gasteiger partial charge is 0.322 e. The van der Waals surface area contributed by atoms with Gasteiger partial charge in [-0.05, 0) is 25.2 Å². The molecule has 1 aliphatic rings. The van der Waals surface area contributed by atoms with E-state index < -0.39 is 0 Å². The number of hydrogen-bond acceptors (Lipinski definition) is 6. The van der Waals surface area contributed by atoms with Gasteiger partial charge in [0.15, 0.2) is 0 Å². The molecule has 0 radical (unpaired) electrons. The summed E-state index contributed by atoms with van der Waals surface area (Å²) in [7, 11) is 1.59. The molecule has 0 aliphatic carbocycles. The van der Waals surface area contributed by atoms with Crippen molar-refractivity contribution < 1.29 is 4.74 Å². The Bertz CT molecular complexity index is 451. The number of methoxy groups -OCH3 is 1. The molecular formula is C15H27N5O. The fourth-order valence-corrected chi connectivity index (χ4v) is 2.95. The van der Waals surface area contributed by atoms with Crippen molar-refractivity contribution in [3.63, 3.8) is 0 Å². The highest BCUT2D eigenvalue weighted by atomic mass is 16.5. The summed E-state index contributed by atoms with van der Waals surface area (Å²) in [6, 6.07) is 0.374. The van der Waals surface area contributed by atoms with Crippen LogP contribution in [0.3, 0.4) is 0 Å². The third kappa shape index (κ3) is 3.54. The van der Waals surface area contributed by atoms with Gasteiger partial charge in [0.2, 0.25) is 11.9 Å². The molecule has 0 atom stereocenters. The molecule has 0 spiro atoms. The Morgan fingerprint density at radius 1 is 1.10 bits per heavy atom. The topological polar surface area (TPSA) is 63.2 Å². The lowest BCUT2D eigenvalue weighted by Gasteiger charge is -2.41. The van der Waals surface area contributed by atoms with Crippen LogP contribution in [-0.4, -0.2) is 41.7 Å². The Morgan fingerprint density at radius 3 is 2.29 bits per heavy atom. The molecule has 0 amide bonds. The summed E-state index contributed by atoms with van der Waals surface area (Å²) >= 11 is 0. The van der Waals surface area contributed by atoms with E-state index in [0.29, 0.717) is 17.4 Å². The second kappa shape index (κ2) is 6.91. The van der Waals surface area contributed by atoms with E-state index in [4.69, 9.17) is 4.74 Å². The van der Waals surface area contributed by atoms with E-state index in [0.717, 1.165) is 25.6 Å². The van der Waals surface area contributed by atoms with Gasteiger partial charge in [-0.3, -0.25) is 0 Å². The molecular weight excluding hydrogens is 266 g/mol. The summed E-state index contributed by atoms with van der Waals surface area (Å²) in [5.74, 6) is 1.31. The molecule has 0 aromatic carbocycles. The van der Waals surface area contributed by atoms with Crippen molar-refractivity contribution in [1.82, 2.24) is 15.0 Å². The van der Waals surface area contributed by atoms with E-state index in [9.17, 15) is 0 Å². The Kier molecular flexibility index (Phi) is 5.20. The summed E-state index contributed by atoms with van der Waals surface area (Å²) < 4.78 is 5.19. The SMILES string of the molecule is CCNc1nc(OC)nc(N2CCC(CC)(CC)CC2)n1. The molecule has 1 fully saturated rings. The zero-order chi connectivity index (χ0) is 15.3. The fourth-order valence-electron chi connectivity index (χ4n) is 2.95. The molecule has 0 saturated carbocycles. The molecule has 1 aromatic rings. The summed E-state index contributed by atoms with van der Waals surface area (Å²) in [6.07, 6.45) is 4.90. The van der Waals surface area contributed by atoms with Gasteiger partial charge in [0.05, 0.1) is 7.11 Å². The van der Waals surface area contributed by atoms with Crippen LogP contribution in [0.15, 0.2) is 0 Å². The molecule has 1 saturated heterocycles.